The number of benzene rings is 2. The molecule has 0 spiro atoms. The third-order valence-electron chi connectivity index (χ3n) is 5.74. The van der Waals surface area contributed by atoms with Gasteiger partial charge in [-0.25, -0.2) is 4.79 Å². The average molecular weight is 438 g/mol. The van der Waals surface area contributed by atoms with Crippen molar-refractivity contribution in [3.8, 4) is 5.75 Å². The molecule has 0 unspecified atom stereocenters. The Morgan fingerprint density at radius 2 is 1.75 bits per heavy atom. The molecule has 1 amide bonds. The van der Waals surface area contributed by atoms with Crippen LogP contribution in [0.25, 0.3) is 6.08 Å². The maximum atomic E-state index is 12.3. The molecular formula is C24H31BN2O5. The van der Waals surface area contributed by atoms with Gasteiger partial charge in [-0.05, 0) is 56.4 Å². The van der Waals surface area contributed by atoms with Crippen LogP contribution in [0.2, 0.25) is 0 Å². The number of nitrogen functional groups attached to an aromatic ring is 1. The number of amides is 1. The molecule has 1 aliphatic heterocycles. The zero-order valence-corrected chi connectivity index (χ0v) is 19.3. The van der Waals surface area contributed by atoms with Crippen molar-refractivity contribution in [1.82, 2.24) is 5.32 Å². The summed E-state index contributed by atoms with van der Waals surface area (Å²) in [6.07, 6.45) is 1.36. The third kappa shape index (κ3) is 5.84. The van der Waals surface area contributed by atoms with E-state index in [-0.39, 0.29) is 13.2 Å². The highest BCUT2D eigenvalue weighted by molar-refractivity contribution is 6.56. The zero-order chi connectivity index (χ0) is 23.4. The van der Waals surface area contributed by atoms with Crippen molar-refractivity contribution in [2.75, 3.05) is 19.4 Å². The van der Waals surface area contributed by atoms with E-state index in [1.807, 2.05) is 76.2 Å². The molecule has 0 aliphatic carbocycles. The number of hydrogen-bond acceptors (Lipinski definition) is 6. The summed E-state index contributed by atoms with van der Waals surface area (Å²) in [4.78, 5) is 12.3. The first-order chi connectivity index (χ1) is 15.1. The van der Waals surface area contributed by atoms with Crippen molar-refractivity contribution in [2.24, 2.45) is 0 Å². The van der Waals surface area contributed by atoms with Gasteiger partial charge >= 0.3 is 13.2 Å². The summed E-state index contributed by atoms with van der Waals surface area (Å²) < 4.78 is 23.1. The van der Waals surface area contributed by atoms with Crippen LogP contribution in [0.3, 0.4) is 0 Å². The molecule has 0 atom stereocenters. The van der Waals surface area contributed by atoms with E-state index >= 15 is 0 Å². The second-order valence-electron chi connectivity index (χ2n) is 8.76. The lowest BCUT2D eigenvalue weighted by atomic mass is 9.77. The van der Waals surface area contributed by atoms with Crippen molar-refractivity contribution in [3.05, 3.63) is 65.1 Å². The van der Waals surface area contributed by atoms with Gasteiger partial charge < -0.3 is 29.8 Å². The third-order valence-corrected chi connectivity index (χ3v) is 5.74. The molecular weight excluding hydrogens is 407 g/mol. The number of methoxy groups -OCH3 is 1. The van der Waals surface area contributed by atoms with Gasteiger partial charge in [-0.2, -0.15) is 0 Å². The lowest BCUT2D eigenvalue weighted by Gasteiger charge is -2.32. The first-order valence-electron chi connectivity index (χ1n) is 10.5. The Balaban J connectivity index is 1.76. The Kier molecular flexibility index (Phi) is 7.16. The van der Waals surface area contributed by atoms with Crippen LogP contribution in [0.15, 0.2) is 54.0 Å². The van der Waals surface area contributed by atoms with Crippen molar-refractivity contribution in [3.63, 3.8) is 0 Å². The van der Waals surface area contributed by atoms with Crippen LogP contribution in [0.4, 0.5) is 10.5 Å². The summed E-state index contributed by atoms with van der Waals surface area (Å²) in [5.74, 6) is 0.639. The van der Waals surface area contributed by atoms with E-state index in [0.717, 1.165) is 16.6 Å². The van der Waals surface area contributed by atoms with Crippen LogP contribution >= 0.6 is 0 Å². The summed E-state index contributed by atoms with van der Waals surface area (Å²) >= 11 is 0. The van der Waals surface area contributed by atoms with Crippen LogP contribution in [-0.2, 0) is 20.7 Å². The van der Waals surface area contributed by atoms with Gasteiger partial charge in [0.1, 0.15) is 12.4 Å². The van der Waals surface area contributed by atoms with Crippen LogP contribution in [0.5, 0.6) is 5.75 Å². The average Bonchev–Trinajstić information content (AvgIpc) is 2.96. The second-order valence-corrected chi connectivity index (χ2v) is 8.76. The Morgan fingerprint density at radius 1 is 1.09 bits per heavy atom. The van der Waals surface area contributed by atoms with Gasteiger partial charge in [0.2, 0.25) is 0 Å². The van der Waals surface area contributed by atoms with Gasteiger partial charge in [0, 0.05) is 18.3 Å². The number of alkyl carbamates (subject to hydrolysis) is 1. The Morgan fingerprint density at radius 3 is 2.38 bits per heavy atom. The van der Waals surface area contributed by atoms with Crippen molar-refractivity contribution in [1.29, 1.82) is 0 Å². The van der Waals surface area contributed by atoms with Gasteiger partial charge in [-0.1, -0.05) is 36.4 Å². The van der Waals surface area contributed by atoms with Crippen molar-refractivity contribution >= 4 is 25.0 Å². The molecule has 1 fully saturated rings. The number of nitrogens with two attached hydrogens (primary N) is 1. The fraction of sp³-hybridized carbons (Fsp3) is 0.375. The van der Waals surface area contributed by atoms with Crippen LogP contribution in [-0.4, -0.2) is 38.1 Å². The van der Waals surface area contributed by atoms with Gasteiger partial charge in [0.25, 0.3) is 0 Å². The lowest BCUT2D eigenvalue weighted by Crippen LogP contribution is -2.41. The van der Waals surface area contributed by atoms with Crippen LogP contribution < -0.4 is 15.8 Å². The minimum atomic E-state index is -0.637. The summed E-state index contributed by atoms with van der Waals surface area (Å²) in [5, 5.41) is 2.80. The molecule has 1 aliphatic rings. The lowest BCUT2D eigenvalue weighted by molar-refractivity contribution is 0.00578. The highest BCUT2D eigenvalue weighted by atomic mass is 16.7. The first-order valence-corrected chi connectivity index (χ1v) is 10.5. The predicted octanol–water partition coefficient (Wildman–Crippen LogP) is 4.22. The normalized spacial score (nSPS) is 17.2. The quantitative estimate of drug-likeness (QED) is 0.497. The molecule has 3 N–H and O–H groups in total. The number of anilines is 1. The SMILES string of the molecule is COc1cc(N)cc(C=C(CNC(=O)OCc2ccccc2)B2OC(C)(C)C(C)(C)O2)c1. The number of hydrogen-bond donors (Lipinski definition) is 2. The Labute approximate surface area is 190 Å². The van der Waals surface area contributed by atoms with Crippen molar-refractivity contribution in [2.45, 2.75) is 45.5 Å². The molecule has 2 aromatic carbocycles. The second kappa shape index (κ2) is 9.67. The molecule has 32 heavy (non-hydrogen) atoms. The molecule has 0 aromatic heterocycles. The first kappa shape index (κ1) is 23.7. The number of carbonyl (C=O) groups excluding carboxylic acids is 1. The molecule has 0 bridgehead atoms. The number of ether oxygens (including phenoxy) is 2. The van der Waals surface area contributed by atoms with Crippen LogP contribution in [0, 0.1) is 0 Å². The summed E-state index contributed by atoms with van der Waals surface area (Å²) in [5.41, 5.74) is 8.00. The highest BCUT2D eigenvalue weighted by Gasteiger charge is 2.52. The maximum absolute atomic E-state index is 12.3. The van der Waals surface area contributed by atoms with E-state index < -0.39 is 24.4 Å². The molecule has 0 saturated carbocycles. The standard InChI is InChI=1S/C24H31BN2O5/c1-23(2)24(3,4)32-25(31-23)19(11-18-12-20(26)14-21(13-18)29-5)15-27-22(28)30-16-17-9-7-6-8-10-17/h6-14H,15-16,26H2,1-5H3,(H,27,28). The fourth-order valence-corrected chi connectivity index (χ4v) is 3.21. The monoisotopic (exact) mass is 438 g/mol. The van der Waals surface area contributed by atoms with Gasteiger partial charge in [0.05, 0.1) is 18.3 Å². The number of rotatable bonds is 7. The summed E-state index contributed by atoms with van der Waals surface area (Å²) in [7, 11) is 0.948. The molecule has 2 aromatic rings. The zero-order valence-electron chi connectivity index (χ0n) is 19.3. The maximum Gasteiger partial charge on any atom is 0.492 e. The Hall–Kier alpha value is -2.97. The van der Waals surface area contributed by atoms with Gasteiger partial charge in [-0.3, -0.25) is 0 Å². The predicted molar refractivity (Wildman–Crippen MR) is 126 cm³/mol. The highest BCUT2D eigenvalue weighted by Crippen LogP contribution is 2.39. The molecule has 1 heterocycles. The van der Waals surface area contributed by atoms with E-state index in [1.54, 1.807) is 13.2 Å². The summed E-state index contributed by atoms with van der Waals surface area (Å²) in [6.45, 7) is 8.30. The van der Waals surface area contributed by atoms with Crippen molar-refractivity contribution < 1.29 is 23.6 Å². The molecule has 3 rings (SSSR count). The summed E-state index contributed by atoms with van der Waals surface area (Å²) in [6, 6.07) is 14.9. The molecule has 170 valence electrons. The smallest absolute Gasteiger partial charge is 0.492 e. The fourth-order valence-electron chi connectivity index (χ4n) is 3.21. The minimum absolute atomic E-state index is 0.182. The molecule has 1 saturated heterocycles. The topological polar surface area (TPSA) is 92.0 Å². The van der Waals surface area contributed by atoms with E-state index in [4.69, 9.17) is 24.5 Å². The molecule has 8 heteroatoms. The van der Waals surface area contributed by atoms with E-state index in [9.17, 15) is 4.79 Å². The van der Waals surface area contributed by atoms with E-state index in [0.29, 0.717) is 11.4 Å². The van der Waals surface area contributed by atoms with E-state index in [2.05, 4.69) is 5.32 Å². The molecule has 0 radical (unpaired) electrons. The van der Waals surface area contributed by atoms with Gasteiger partial charge in [-0.15, -0.1) is 0 Å². The largest absolute Gasteiger partial charge is 0.497 e. The minimum Gasteiger partial charge on any atom is -0.497 e. The van der Waals surface area contributed by atoms with Crippen LogP contribution in [0.1, 0.15) is 38.8 Å². The Bertz CT molecular complexity index is 960. The van der Waals surface area contributed by atoms with E-state index in [1.165, 1.54) is 0 Å². The molecule has 7 nitrogen and oxygen atoms in total. The van der Waals surface area contributed by atoms with Gasteiger partial charge in [0.15, 0.2) is 0 Å². The number of nitrogens with one attached hydrogen (secondary N) is 1. The number of carbonyl (C=O) groups is 1.